The topological polar surface area (TPSA) is 111 Å². The molecule has 0 spiro atoms. The lowest BCUT2D eigenvalue weighted by Crippen LogP contribution is -2.40. The Bertz CT molecular complexity index is 1750. The molecule has 0 bridgehead atoms. The largest absolute Gasteiger partial charge is 0.508 e. The maximum atomic E-state index is 13.9. The molecule has 2 aromatic carbocycles. The molecule has 3 N–H and O–H groups in total. The van der Waals surface area contributed by atoms with Gasteiger partial charge in [0.2, 0.25) is 11.8 Å². The second kappa shape index (κ2) is 13.8. The van der Waals surface area contributed by atoms with Gasteiger partial charge in [-0.1, -0.05) is 37.6 Å². The molecule has 5 rings (SSSR count). The van der Waals surface area contributed by atoms with Crippen LogP contribution in [-0.4, -0.2) is 44.8 Å². The summed E-state index contributed by atoms with van der Waals surface area (Å²) in [4.78, 5) is 32.3. The van der Waals surface area contributed by atoms with E-state index in [1.807, 2.05) is 0 Å². The fourth-order valence-corrected chi connectivity index (χ4v) is 6.86. The zero-order valence-corrected chi connectivity index (χ0v) is 26.5. The normalized spacial score (nSPS) is 21.1. The zero-order chi connectivity index (χ0) is 35.8. The number of phenols is 1. The van der Waals surface area contributed by atoms with Gasteiger partial charge in [-0.05, 0) is 90.4 Å². The number of rotatable bonds is 9. The van der Waals surface area contributed by atoms with Crippen molar-refractivity contribution in [3.05, 3.63) is 100 Å². The van der Waals surface area contributed by atoms with Gasteiger partial charge in [-0.2, -0.15) is 26.3 Å². The number of carbonyl (C=O) groups is 2. The van der Waals surface area contributed by atoms with Gasteiger partial charge in [0.25, 0.3) is 0 Å². The van der Waals surface area contributed by atoms with Crippen LogP contribution >= 0.6 is 0 Å². The van der Waals surface area contributed by atoms with Gasteiger partial charge < -0.3 is 15.3 Å². The third-order valence-electron chi connectivity index (χ3n) is 9.10. The number of nitrogens with zero attached hydrogens (tertiary/aromatic N) is 2. The summed E-state index contributed by atoms with van der Waals surface area (Å²) in [6.07, 6.45) is -7.99. The molecule has 2 amide bonds. The number of aliphatic hydroxyl groups excluding tert-OH is 2. The number of aliphatic hydroxyl groups is 2. The zero-order valence-electron chi connectivity index (χ0n) is 26.5. The lowest BCUT2D eigenvalue weighted by molar-refractivity contribution is -0.143. The highest BCUT2D eigenvalue weighted by Crippen LogP contribution is 2.50. The highest BCUT2D eigenvalue weighted by Gasteiger charge is 2.56. The summed E-state index contributed by atoms with van der Waals surface area (Å²) in [5, 5.41) is 32.3. The van der Waals surface area contributed by atoms with Crippen LogP contribution in [0.1, 0.15) is 55.5 Å². The summed E-state index contributed by atoms with van der Waals surface area (Å²) in [6.45, 7) is 2.87. The molecule has 0 unspecified atom stereocenters. The van der Waals surface area contributed by atoms with Gasteiger partial charge in [0.1, 0.15) is 5.75 Å². The Kier molecular flexibility index (Phi) is 10.1. The number of imide groups is 1. The lowest BCUT2D eigenvalue weighted by Gasteiger charge is -2.38. The van der Waals surface area contributed by atoms with Crippen molar-refractivity contribution in [1.82, 2.24) is 4.98 Å². The number of aromatic nitrogens is 1. The number of pyridine rings is 1. The minimum atomic E-state index is -5.20. The second-order valence-electron chi connectivity index (χ2n) is 12.6. The van der Waals surface area contributed by atoms with Crippen LogP contribution in [0.25, 0.3) is 11.6 Å². The van der Waals surface area contributed by atoms with Crippen molar-refractivity contribution < 1.29 is 51.3 Å². The Balaban J connectivity index is 1.50. The van der Waals surface area contributed by atoms with Gasteiger partial charge in [-0.3, -0.25) is 14.6 Å². The molecule has 1 aromatic heterocycles. The van der Waals surface area contributed by atoms with Crippen molar-refractivity contribution >= 4 is 29.2 Å². The van der Waals surface area contributed by atoms with E-state index < -0.39 is 71.4 Å². The van der Waals surface area contributed by atoms with E-state index in [9.17, 15) is 51.3 Å². The summed E-state index contributed by atoms with van der Waals surface area (Å²) < 4.78 is 81.9. The van der Waals surface area contributed by atoms with Crippen LogP contribution in [0.5, 0.6) is 5.75 Å². The molecule has 1 aliphatic heterocycles. The fraction of sp³-hybridized carbons (Fsp3) is 0.361. The van der Waals surface area contributed by atoms with E-state index in [2.05, 4.69) is 4.98 Å². The molecule has 49 heavy (non-hydrogen) atoms. The summed E-state index contributed by atoms with van der Waals surface area (Å²) in [5.41, 5.74) is -1.35. The van der Waals surface area contributed by atoms with Gasteiger partial charge in [0, 0.05) is 12.1 Å². The Morgan fingerprint density at radius 2 is 1.63 bits per heavy atom. The maximum absolute atomic E-state index is 13.9. The monoisotopic (exact) mass is 688 g/mol. The quantitative estimate of drug-likeness (QED) is 0.124. The van der Waals surface area contributed by atoms with E-state index in [1.54, 1.807) is 62.5 Å². The number of amides is 2. The summed E-state index contributed by atoms with van der Waals surface area (Å²) in [7, 11) is 0. The summed E-state index contributed by atoms with van der Waals surface area (Å²) in [6, 6.07) is 12.4. The van der Waals surface area contributed by atoms with Gasteiger partial charge in [-0.15, -0.1) is 0 Å². The van der Waals surface area contributed by atoms with Gasteiger partial charge in [0.15, 0.2) is 0 Å². The number of carbonyl (C=O) groups excluding carboxylic acids is 2. The van der Waals surface area contributed by atoms with Crippen LogP contribution in [0.15, 0.2) is 78.0 Å². The molecule has 0 saturated carbocycles. The van der Waals surface area contributed by atoms with Crippen LogP contribution in [0.2, 0.25) is 0 Å². The molecule has 1 aliphatic carbocycles. The van der Waals surface area contributed by atoms with Crippen molar-refractivity contribution in [1.29, 1.82) is 0 Å². The maximum Gasteiger partial charge on any atom is 0.416 e. The van der Waals surface area contributed by atoms with E-state index in [4.69, 9.17) is 0 Å². The Labute approximate surface area is 278 Å². The van der Waals surface area contributed by atoms with Gasteiger partial charge >= 0.3 is 12.4 Å². The first-order valence-electron chi connectivity index (χ1n) is 15.6. The number of alkyl halides is 6. The standard InChI is InChI=1S/C36H34F6N2O5/c1-19(2)26-17-27-32(34(49)44(33(27)48)24-15-22(35(37,38)39)14-23(16-24)36(40,41)42)28(18-45)31(26)30(47)10-9-21(29-8-3-4-11-43-29)12-20-6-5-7-25(46)13-20/h3-8,11-16,19,27-28,30,32,45-47H,9-10,17-18H2,1-2H3/b21-12-/t27-,28+,30-,32-/m1/s1. The first-order chi connectivity index (χ1) is 23.0. The number of hydrogen-bond acceptors (Lipinski definition) is 6. The predicted molar refractivity (Wildman–Crippen MR) is 168 cm³/mol. The van der Waals surface area contributed by atoms with Crippen molar-refractivity contribution in [3.8, 4) is 5.75 Å². The highest BCUT2D eigenvalue weighted by molar-refractivity contribution is 6.22. The average molecular weight is 689 g/mol. The lowest BCUT2D eigenvalue weighted by atomic mass is 9.66. The van der Waals surface area contributed by atoms with Crippen LogP contribution in [0, 0.1) is 23.7 Å². The molecule has 260 valence electrons. The van der Waals surface area contributed by atoms with Crippen LogP contribution in [0.4, 0.5) is 32.0 Å². The fourth-order valence-electron chi connectivity index (χ4n) is 6.86. The molecular formula is C36H34F6N2O5. The molecule has 7 nitrogen and oxygen atoms in total. The molecule has 13 heteroatoms. The smallest absolute Gasteiger partial charge is 0.416 e. The van der Waals surface area contributed by atoms with Crippen LogP contribution in [0.3, 0.4) is 0 Å². The second-order valence-corrected chi connectivity index (χ2v) is 12.6. The van der Waals surface area contributed by atoms with E-state index >= 15 is 0 Å². The highest BCUT2D eigenvalue weighted by atomic mass is 19.4. The van der Waals surface area contributed by atoms with E-state index in [0.717, 1.165) is 0 Å². The van der Waals surface area contributed by atoms with Crippen molar-refractivity contribution in [2.45, 2.75) is 51.6 Å². The summed E-state index contributed by atoms with van der Waals surface area (Å²) in [5.74, 6) is -5.89. The van der Waals surface area contributed by atoms with Crippen molar-refractivity contribution in [2.24, 2.45) is 23.7 Å². The molecular weight excluding hydrogens is 654 g/mol. The van der Waals surface area contributed by atoms with E-state index in [0.29, 0.717) is 45.0 Å². The minimum Gasteiger partial charge on any atom is -0.508 e. The molecule has 1 saturated heterocycles. The Morgan fingerprint density at radius 1 is 0.959 bits per heavy atom. The Hall–Kier alpha value is -4.49. The SMILES string of the molecule is CC(C)C1=C([C@H](O)CC/C(=C/c2cccc(O)c2)c2ccccn2)[C@H](CO)[C@@H]2C(=O)N(c3cc(C(F)(F)F)cc(C(F)(F)F)c3)C(=O)[C@@H]2C1. The van der Waals surface area contributed by atoms with Crippen LogP contribution < -0.4 is 4.90 Å². The number of hydrogen-bond donors (Lipinski definition) is 3. The van der Waals surface area contributed by atoms with Crippen molar-refractivity contribution in [2.75, 3.05) is 11.5 Å². The van der Waals surface area contributed by atoms with Gasteiger partial charge in [-0.25, -0.2) is 4.90 Å². The number of benzene rings is 2. The molecule has 2 heterocycles. The number of aromatic hydroxyl groups is 1. The number of allylic oxidation sites excluding steroid dienone is 2. The third kappa shape index (κ3) is 7.42. The number of halogens is 6. The predicted octanol–water partition coefficient (Wildman–Crippen LogP) is 7.28. The molecule has 3 aromatic rings. The molecule has 0 radical (unpaired) electrons. The number of phenolic OH excluding ortho intramolecular Hbond substituents is 1. The van der Waals surface area contributed by atoms with Gasteiger partial charge in [0.05, 0.1) is 47.1 Å². The number of anilines is 1. The van der Waals surface area contributed by atoms with E-state index in [1.165, 1.54) is 6.07 Å². The minimum absolute atomic E-state index is 0.0491. The number of fused-ring (bicyclic) bond motifs is 1. The molecule has 1 fully saturated rings. The van der Waals surface area contributed by atoms with Crippen molar-refractivity contribution in [3.63, 3.8) is 0 Å². The van der Waals surface area contributed by atoms with E-state index in [-0.39, 0.29) is 37.0 Å². The average Bonchev–Trinajstić information content (AvgIpc) is 3.30. The Morgan fingerprint density at radius 3 is 2.18 bits per heavy atom. The van der Waals surface area contributed by atoms with Crippen LogP contribution in [-0.2, 0) is 21.9 Å². The first kappa shape index (κ1) is 35.8. The first-order valence-corrected chi connectivity index (χ1v) is 15.6. The summed E-state index contributed by atoms with van der Waals surface area (Å²) >= 11 is 0. The molecule has 2 aliphatic rings. The molecule has 4 atom stereocenters. The third-order valence-corrected chi connectivity index (χ3v) is 9.10.